The number of hydrogen-bond acceptors (Lipinski definition) is 5. The van der Waals surface area contributed by atoms with Crippen LogP contribution in [0.1, 0.15) is 75.1 Å². The fourth-order valence-electron chi connectivity index (χ4n) is 4.02. The summed E-state index contributed by atoms with van der Waals surface area (Å²) in [6.07, 6.45) is 4.78. The van der Waals surface area contributed by atoms with E-state index in [0.29, 0.717) is 23.6 Å². The molecule has 2 heterocycles. The molecule has 0 radical (unpaired) electrons. The minimum atomic E-state index is -0.540. The number of rotatable bonds is 7. The summed E-state index contributed by atoms with van der Waals surface area (Å²) in [5.41, 5.74) is 3.54. The molecule has 3 rings (SSSR count). The van der Waals surface area contributed by atoms with E-state index in [9.17, 15) is 9.59 Å². The number of nitrogens with one attached hydrogen (secondary N) is 1. The van der Waals surface area contributed by atoms with Gasteiger partial charge in [0, 0.05) is 24.0 Å². The maximum Gasteiger partial charge on any atom is 0.410 e. The Bertz CT molecular complexity index is 1100. The van der Waals surface area contributed by atoms with Crippen LogP contribution >= 0.6 is 0 Å². The molecule has 0 bridgehead atoms. The Kier molecular flexibility index (Phi) is 8.20. The Morgan fingerprint density at radius 2 is 2.03 bits per heavy atom. The number of aromatic nitrogens is 1. The summed E-state index contributed by atoms with van der Waals surface area (Å²) < 4.78 is 11.7. The van der Waals surface area contributed by atoms with Crippen molar-refractivity contribution in [3.8, 4) is 5.75 Å². The molecule has 1 aliphatic heterocycles. The van der Waals surface area contributed by atoms with Gasteiger partial charge in [-0.25, -0.2) is 4.79 Å². The molecule has 1 fully saturated rings. The second kappa shape index (κ2) is 10.9. The van der Waals surface area contributed by atoms with Crippen LogP contribution in [-0.4, -0.2) is 46.2 Å². The standard InChI is InChI=1S/C28H37N3O4/c1-8-21-10-9-14-29-24(21)16-19(3)30-26(32)23-17-22(12-11-18(23)2)34-20(4)25-13-15-31(25)27(33)35-28(5,6)7/h9-12,14,16-17,20,25H,8,13,15H2,1-7H3,(H,30,32)/b19-16-/t20-,25-/m0/s1. The third-order valence-electron chi connectivity index (χ3n) is 5.98. The predicted molar refractivity (Wildman–Crippen MR) is 137 cm³/mol. The second-order valence-corrected chi connectivity index (χ2v) is 10.0. The Balaban J connectivity index is 1.68. The molecular weight excluding hydrogens is 442 g/mol. The molecule has 1 N–H and O–H groups in total. The summed E-state index contributed by atoms with van der Waals surface area (Å²) in [5.74, 6) is 0.381. The van der Waals surface area contributed by atoms with Crippen LogP contribution < -0.4 is 10.1 Å². The highest BCUT2D eigenvalue weighted by molar-refractivity contribution is 5.97. The third-order valence-corrected chi connectivity index (χ3v) is 5.98. The highest BCUT2D eigenvalue weighted by Gasteiger charge is 2.39. The summed E-state index contributed by atoms with van der Waals surface area (Å²) in [4.78, 5) is 31.6. The normalized spacial score (nSPS) is 16.8. The van der Waals surface area contributed by atoms with Crippen molar-refractivity contribution in [1.29, 1.82) is 0 Å². The molecule has 0 saturated carbocycles. The van der Waals surface area contributed by atoms with E-state index in [1.165, 1.54) is 0 Å². The zero-order chi connectivity index (χ0) is 25.8. The van der Waals surface area contributed by atoms with Gasteiger partial charge in [-0.1, -0.05) is 19.1 Å². The quantitative estimate of drug-likeness (QED) is 0.566. The Morgan fingerprint density at radius 1 is 1.29 bits per heavy atom. The highest BCUT2D eigenvalue weighted by Crippen LogP contribution is 2.27. The number of carbonyl (C=O) groups is 2. The van der Waals surface area contributed by atoms with E-state index in [1.807, 2.05) is 71.9 Å². The zero-order valence-electron chi connectivity index (χ0n) is 21.8. The zero-order valence-corrected chi connectivity index (χ0v) is 21.8. The third kappa shape index (κ3) is 6.84. The van der Waals surface area contributed by atoms with Crippen LogP contribution in [0.3, 0.4) is 0 Å². The number of benzene rings is 1. The lowest BCUT2D eigenvalue weighted by Gasteiger charge is -2.44. The first-order valence-electron chi connectivity index (χ1n) is 12.2. The number of allylic oxidation sites excluding steroid dienone is 1. The van der Waals surface area contributed by atoms with E-state index in [-0.39, 0.29) is 24.1 Å². The van der Waals surface area contributed by atoms with E-state index in [2.05, 4.69) is 17.2 Å². The number of likely N-dealkylation sites (tertiary alicyclic amines) is 1. The first-order chi connectivity index (χ1) is 16.5. The van der Waals surface area contributed by atoms with Gasteiger partial charge in [0.15, 0.2) is 0 Å². The first kappa shape index (κ1) is 26.3. The molecule has 1 saturated heterocycles. The second-order valence-electron chi connectivity index (χ2n) is 10.0. The van der Waals surface area contributed by atoms with E-state index in [4.69, 9.17) is 9.47 Å². The van der Waals surface area contributed by atoms with Crippen molar-refractivity contribution in [2.75, 3.05) is 6.54 Å². The van der Waals surface area contributed by atoms with Gasteiger partial charge in [-0.3, -0.25) is 9.78 Å². The minimum absolute atomic E-state index is 0.0697. The predicted octanol–water partition coefficient (Wildman–Crippen LogP) is 5.52. The summed E-state index contributed by atoms with van der Waals surface area (Å²) in [6.45, 7) is 14.0. The average molecular weight is 480 g/mol. The first-order valence-corrected chi connectivity index (χ1v) is 12.2. The van der Waals surface area contributed by atoms with E-state index in [0.717, 1.165) is 29.7 Å². The van der Waals surface area contributed by atoms with Crippen molar-refractivity contribution < 1.29 is 19.1 Å². The molecule has 7 nitrogen and oxygen atoms in total. The molecule has 1 aliphatic rings. The van der Waals surface area contributed by atoms with Gasteiger partial charge in [0.25, 0.3) is 5.91 Å². The molecule has 1 aromatic carbocycles. The average Bonchev–Trinajstić information content (AvgIpc) is 2.73. The lowest BCUT2D eigenvalue weighted by molar-refractivity contribution is -0.0300. The number of amides is 2. The lowest BCUT2D eigenvalue weighted by atomic mass is 9.98. The topological polar surface area (TPSA) is 80.8 Å². The highest BCUT2D eigenvalue weighted by atomic mass is 16.6. The van der Waals surface area contributed by atoms with Crippen molar-refractivity contribution in [2.45, 2.75) is 79.1 Å². The van der Waals surface area contributed by atoms with Gasteiger partial charge in [-0.15, -0.1) is 0 Å². The number of pyridine rings is 1. The fourth-order valence-corrected chi connectivity index (χ4v) is 4.02. The molecule has 0 unspecified atom stereocenters. The molecule has 2 aromatic rings. The van der Waals surface area contributed by atoms with E-state index >= 15 is 0 Å². The molecule has 7 heteroatoms. The molecule has 35 heavy (non-hydrogen) atoms. The van der Waals surface area contributed by atoms with Gasteiger partial charge in [-0.05, 0) is 89.8 Å². The van der Waals surface area contributed by atoms with Crippen LogP contribution in [0.25, 0.3) is 6.08 Å². The Morgan fingerprint density at radius 3 is 2.66 bits per heavy atom. The fraction of sp³-hybridized carbons (Fsp3) is 0.464. The number of aryl methyl sites for hydroxylation is 2. The van der Waals surface area contributed by atoms with Crippen molar-refractivity contribution >= 4 is 18.1 Å². The van der Waals surface area contributed by atoms with Gasteiger partial charge in [-0.2, -0.15) is 0 Å². The number of hydrogen-bond donors (Lipinski definition) is 1. The Labute approximate surface area is 208 Å². The summed E-state index contributed by atoms with van der Waals surface area (Å²) in [5, 5.41) is 2.96. The molecule has 2 amide bonds. The number of ether oxygens (including phenoxy) is 2. The maximum atomic E-state index is 13.0. The summed E-state index contributed by atoms with van der Waals surface area (Å²) in [6, 6.07) is 9.35. The van der Waals surface area contributed by atoms with Crippen LogP contribution in [-0.2, 0) is 11.2 Å². The van der Waals surface area contributed by atoms with Gasteiger partial charge in [0.05, 0.1) is 11.7 Å². The SMILES string of the molecule is CCc1cccnc1/C=C(/C)NC(=O)c1cc(O[C@@H](C)[C@@H]2CCN2C(=O)OC(C)(C)C)ccc1C. The van der Waals surface area contributed by atoms with Crippen molar-refractivity contribution in [1.82, 2.24) is 15.2 Å². The molecule has 0 aliphatic carbocycles. The van der Waals surface area contributed by atoms with Crippen LogP contribution in [0, 0.1) is 6.92 Å². The van der Waals surface area contributed by atoms with Crippen molar-refractivity contribution in [2.24, 2.45) is 0 Å². The smallest absolute Gasteiger partial charge is 0.410 e. The monoisotopic (exact) mass is 479 g/mol. The maximum absolute atomic E-state index is 13.0. The van der Waals surface area contributed by atoms with Crippen LogP contribution in [0.5, 0.6) is 5.75 Å². The minimum Gasteiger partial charge on any atom is -0.489 e. The van der Waals surface area contributed by atoms with Crippen molar-refractivity contribution in [3.05, 3.63) is 64.6 Å². The van der Waals surface area contributed by atoms with E-state index in [1.54, 1.807) is 17.2 Å². The van der Waals surface area contributed by atoms with E-state index < -0.39 is 5.60 Å². The van der Waals surface area contributed by atoms with Gasteiger partial charge < -0.3 is 19.7 Å². The lowest BCUT2D eigenvalue weighted by Crippen LogP contribution is -2.58. The molecule has 2 atom stereocenters. The van der Waals surface area contributed by atoms with Gasteiger partial charge in [0.2, 0.25) is 0 Å². The summed E-state index contributed by atoms with van der Waals surface area (Å²) >= 11 is 0. The van der Waals surface area contributed by atoms with Crippen LogP contribution in [0.15, 0.2) is 42.2 Å². The molecule has 0 spiro atoms. The molecular formula is C28H37N3O4. The molecule has 1 aromatic heterocycles. The summed E-state index contributed by atoms with van der Waals surface area (Å²) in [7, 11) is 0. The van der Waals surface area contributed by atoms with Gasteiger partial charge in [0.1, 0.15) is 17.5 Å². The Hall–Kier alpha value is -3.35. The van der Waals surface area contributed by atoms with Crippen LogP contribution in [0.4, 0.5) is 4.79 Å². The van der Waals surface area contributed by atoms with Crippen molar-refractivity contribution in [3.63, 3.8) is 0 Å². The number of carbonyl (C=O) groups excluding carboxylic acids is 2. The van der Waals surface area contributed by atoms with Crippen LogP contribution in [0.2, 0.25) is 0 Å². The van der Waals surface area contributed by atoms with Gasteiger partial charge >= 0.3 is 6.09 Å². The largest absolute Gasteiger partial charge is 0.489 e. The molecule has 188 valence electrons. The number of nitrogens with zero attached hydrogens (tertiary/aromatic N) is 2.